The highest BCUT2D eigenvalue weighted by atomic mass is 35.5. The molecule has 1 rings (SSSR count). The molecule has 0 bridgehead atoms. The van der Waals surface area contributed by atoms with E-state index in [1.807, 2.05) is 13.8 Å². The number of carbonyl (C=O) groups excluding carboxylic acids is 1. The van der Waals surface area contributed by atoms with Crippen LogP contribution in [0.3, 0.4) is 0 Å². The molecule has 1 aromatic heterocycles. The van der Waals surface area contributed by atoms with Crippen molar-refractivity contribution in [2.75, 3.05) is 7.11 Å². The van der Waals surface area contributed by atoms with E-state index in [9.17, 15) is 13.2 Å². The predicted octanol–water partition coefficient (Wildman–Crippen LogP) is 2.25. The second-order valence-electron chi connectivity index (χ2n) is 4.75. The van der Waals surface area contributed by atoms with E-state index in [0.717, 1.165) is 0 Å². The summed E-state index contributed by atoms with van der Waals surface area (Å²) < 4.78 is 31.5. The minimum atomic E-state index is -4.01. The van der Waals surface area contributed by atoms with Crippen LogP contribution in [0, 0.1) is 5.92 Å². The molecule has 0 aliphatic heterocycles. The lowest BCUT2D eigenvalue weighted by atomic mass is 10.1. The summed E-state index contributed by atoms with van der Waals surface area (Å²) in [6.07, 6.45) is 0.296. The average molecular weight is 355 g/mol. The number of sulfonamides is 1. The molecule has 1 N–H and O–H groups in total. The number of aromatic nitrogens is 1. The summed E-state index contributed by atoms with van der Waals surface area (Å²) in [7, 11) is -2.82. The number of nitrogens with zero attached hydrogens (tertiary/aromatic N) is 1. The molecule has 1 atom stereocenters. The van der Waals surface area contributed by atoms with Crippen molar-refractivity contribution in [2.24, 2.45) is 5.92 Å². The van der Waals surface area contributed by atoms with Crippen LogP contribution < -0.4 is 4.72 Å². The van der Waals surface area contributed by atoms with Crippen molar-refractivity contribution in [3.05, 3.63) is 22.4 Å². The number of ether oxygens (including phenoxy) is 1. The molecule has 0 aromatic carbocycles. The molecule has 1 aromatic rings. The van der Waals surface area contributed by atoms with Crippen LogP contribution in [0.25, 0.3) is 0 Å². The Bertz CT molecular complexity index is 620. The van der Waals surface area contributed by atoms with Gasteiger partial charge < -0.3 is 4.74 Å². The fourth-order valence-corrected chi connectivity index (χ4v) is 3.51. The maximum atomic E-state index is 12.3. The first-order valence-electron chi connectivity index (χ1n) is 6.09. The second kappa shape index (κ2) is 7.40. The second-order valence-corrected chi connectivity index (χ2v) is 7.18. The van der Waals surface area contributed by atoms with Gasteiger partial charge in [0.1, 0.15) is 16.1 Å². The van der Waals surface area contributed by atoms with Gasteiger partial charge in [-0.25, -0.2) is 13.4 Å². The summed E-state index contributed by atoms with van der Waals surface area (Å²) >= 11 is 11.4. The third-order valence-corrected chi connectivity index (χ3v) is 4.67. The van der Waals surface area contributed by atoms with Gasteiger partial charge in [-0.1, -0.05) is 37.0 Å². The first kappa shape index (κ1) is 18.2. The van der Waals surface area contributed by atoms with Gasteiger partial charge in [0.25, 0.3) is 0 Å². The van der Waals surface area contributed by atoms with E-state index >= 15 is 0 Å². The van der Waals surface area contributed by atoms with Gasteiger partial charge >= 0.3 is 5.97 Å². The van der Waals surface area contributed by atoms with Gasteiger partial charge in [-0.2, -0.15) is 4.72 Å². The number of nitrogens with one attached hydrogen (secondary N) is 1. The smallest absolute Gasteiger partial charge is 0.323 e. The predicted molar refractivity (Wildman–Crippen MR) is 79.8 cm³/mol. The fourth-order valence-electron chi connectivity index (χ4n) is 1.66. The SMILES string of the molecule is COC(=O)C(CC(C)C)NS(=O)(=O)c1ccc(Cl)nc1Cl. The van der Waals surface area contributed by atoms with Gasteiger partial charge in [0, 0.05) is 0 Å². The van der Waals surface area contributed by atoms with E-state index in [0.29, 0.717) is 6.42 Å². The van der Waals surface area contributed by atoms with Crippen molar-refractivity contribution in [3.8, 4) is 0 Å². The molecule has 9 heteroatoms. The molecule has 0 saturated carbocycles. The summed E-state index contributed by atoms with van der Waals surface area (Å²) in [4.78, 5) is 15.1. The molecule has 0 amide bonds. The zero-order chi connectivity index (χ0) is 16.2. The first-order valence-corrected chi connectivity index (χ1v) is 8.33. The molecule has 0 aliphatic carbocycles. The number of carbonyl (C=O) groups is 1. The fraction of sp³-hybridized carbons (Fsp3) is 0.500. The Morgan fingerprint density at radius 3 is 2.48 bits per heavy atom. The minimum Gasteiger partial charge on any atom is -0.468 e. The number of rotatable bonds is 6. The van der Waals surface area contributed by atoms with Crippen molar-refractivity contribution in [2.45, 2.75) is 31.2 Å². The zero-order valence-electron chi connectivity index (χ0n) is 11.8. The van der Waals surface area contributed by atoms with Gasteiger partial charge in [0.2, 0.25) is 10.0 Å². The largest absolute Gasteiger partial charge is 0.468 e. The molecule has 0 radical (unpaired) electrons. The monoisotopic (exact) mass is 354 g/mol. The van der Waals surface area contributed by atoms with Crippen LogP contribution in [0.15, 0.2) is 17.0 Å². The highest BCUT2D eigenvalue weighted by Crippen LogP contribution is 2.22. The summed E-state index contributed by atoms with van der Waals surface area (Å²) in [6.45, 7) is 3.72. The molecule has 1 heterocycles. The molecule has 0 aliphatic rings. The maximum absolute atomic E-state index is 12.3. The lowest BCUT2D eigenvalue weighted by Gasteiger charge is -2.18. The van der Waals surface area contributed by atoms with E-state index in [4.69, 9.17) is 23.2 Å². The number of halogens is 2. The Kier molecular flexibility index (Phi) is 6.40. The van der Waals surface area contributed by atoms with Crippen molar-refractivity contribution < 1.29 is 17.9 Å². The van der Waals surface area contributed by atoms with E-state index < -0.39 is 22.0 Å². The molecule has 6 nitrogen and oxygen atoms in total. The molecular weight excluding hydrogens is 339 g/mol. The van der Waals surface area contributed by atoms with Crippen LogP contribution >= 0.6 is 23.2 Å². The molecule has 21 heavy (non-hydrogen) atoms. The van der Waals surface area contributed by atoms with Crippen LogP contribution in [0.1, 0.15) is 20.3 Å². The average Bonchev–Trinajstić information content (AvgIpc) is 2.35. The molecule has 0 spiro atoms. The summed E-state index contributed by atoms with van der Waals surface area (Å²) in [5, 5.41) is -0.186. The lowest BCUT2D eigenvalue weighted by Crippen LogP contribution is -2.42. The van der Waals surface area contributed by atoms with Crippen LogP contribution in [0.2, 0.25) is 10.3 Å². The van der Waals surface area contributed by atoms with Crippen molar-refractivity contribution in [3.63, 3.8) is 0 Å². The van der Waals surface area contributed by atoms with Gasteiger partial charge in [-0.3, -0.25) is 4.79 Å². The molecule has 1 unspecified atom stereocenters. The van der Waals surface area contributed by atoms with Crippen LogP contribution in [0.5, 0.6) is 0 Å². The van der Waals surface area contributed by atoms with Gasteiger partial charge in [-0.15, -0.1) is 0 Å². The number of esters is 1. The lowest BCUT2D eigenvalue weighted by molar-refractivity contribution is -0.143. The molecular formula is C12H16Cl2N2O4S. The Morgan fingerprint density at radius 1 is 1.38 bits per heavy atom. The van der Waals surface area contributed by atoms with E-state index in [2.05, 4.69) is 14.4 Å². The van der Waals surface area contributed by atoms with E-state index in [1.54, 1.807) is 0 Å². The standard InChI is InChI=1S/C12H16Cl2N2O4S/c1-7(2)6-8(12(17)20-3)16-21(18,19)9-4-5-10(13)15-11(9)14/h4-5,7-8,16H,6H2,1-3H3. The van der Waals surface area contributed by atoms with Crippen LogP contribution in [-0.2, 0) is 19.6 Å². The van der Waals surface area contributed by atoms with Gasteiger partial charge in [-0.05, 0) is 24.5 Å². The van der Waals surface area contributed by atoms with Gasteiger partial charge in [0.15, 0.2) is 5.15 Å². The summed E-state index contributed by atoms with van der Waals surface area (Å²) in [6, 6.07) is 1.54. The number of hydrogen-bond donors (Lipinski definition) is 1. The van der Waals surface area contributed by atoms with Crippen LogP contribution in [-0.4, -0.2) is 32.5 Å². The normalized spacial score (nSPS) is 13.2. The minimum absolute atomic E-state index is 0.0747. The maximum Gasteiger partial charge on any atom is 0.323 e. The quantitative estimate of drug-likeness (QED) is 0.625. The molecule has 0 fully saturated rings. The van der Waals surface area contributed by atoms with Crippen LogP contribution in [0.4, 0.5) is 0 Å². The van der Waals surface area contributed by atoms with E-state index in [-0.39, 0.29) is 21.1 Å². The summed E-state index contributed by atoms with van der Waals surface area (Å²) in [5.41, 5.74) is 0. The van der Waals surface area contributed by atoms with Crippen molar-refractivity contribution in [1.82, 2.24) is 9.71 Å². The first-order chi connectivity index (χ1) is 9.67. The number of pyridine rings is 1. The molecule has 0 saturated heterocycles. The molecule has 118 valence electrons. The van der Waals surface area contributed by atoms with Crippen molar-refractivity contribution in [1.29, 1.82) is 0 Å². The number of hydrogen-bond acceptors (Lipinski definition) is 5. The van der Waals surface area contributed by atoms with Crippen molar-refractivity contribution >= 4 is 39.2 Å². The Hall–Kier alpha value is -0.890. The summed E-state index contributed by atoms with van der Waals surface area (Å²) in [5.74, 6) is -0.569. The third-order valence-electron chi connectivity index (χ3n) is 2.56. The Morgan fingerprint density at radius 2 is 2.00 bits per heavy atom. The number of methoxy groups -OCH3 is 1. The van der Waals surface area contributed by atoms with Gasteiger partial charge in [0.05, 0.1) is 7.11 Å². The topological polar surface area (TPSA) is 85.4 Å². The Labute approximate surface area is 133 Å². The Balaban J connectivity index is 3.08. The zero-order valence-corrected chi connectivity index (χ0v) is 14.1. The van der Waals surface area contributed by atoms with E-state index in [1.165, 1.54) is 19.2 Å². The highest BCUT2D eigenvalue weighted by molar-refractivity contribution is 7.89. The third kappa shape index (κ3) is 5.10. The highest BCUT2D eigenvalue weighted by Gasteiger charge is 2.28.